The number of hydrogen-bond acceptors (Lipinski definition) is 9. The SMILES string of the molecule is COCCNC(=O)c1c(NC(=O)c2nnn(Cc3nsnc3C)c2C)sc2c1CCCC2. The largest absolute Gasteiger partial charge is 0.383 e. The number of ether oxygens (including phenoxy) is 1. The summed E-state index contributed by atoms with van der Waals surface area (Å²) in [6, 6.07) is 0. The number of fused-ring (bicyclic) bond motifs is 1. The van der Waals surface area contributed by atoms with Gasteiger partial charge in [-0.3, -0.25) is 9.59 Å². The Balaban J connectivity index is 1.56. The van der Waals surface area contributed by atoms with Crippen molar-refractivity contribution in [3.63, 3.8) is 0 Å². The molecule has 3 aromatic heterocycles. The lowest BCUT2D eigenvalue weighted by molar-refractivity contribution is 0.0937. The third-order valence-electron chi connectivity index (χ3n) is 5.46. The number of rotatable bonds is 8. The van der Waals surface area contributed by atoms with Gasteiger partial charge in [0.2, 0.25) is 0 Å². The van der Waals surface area contributed by atoms with Crippen molar-refractivity contribution in [1.29, 1.82) is 0 Å². The standard InChI is InChI=1S/C20H25N7O3S2/c1-11-14(25-32-24-11)10-27-12(2)17(23-26-27)19(29)22-20-16(18(28)21-8-9-30-3)13-6-4-5-7-15(13)31-20/h4-10H2,1-3H3,(H,21,28)(H,22,29). The second-order valence-electron chi connectivity index (χ2n) is 7.60. The molecule has 1 aliphatic rings. The molecule has 0 radical (unpaired) electrons. The Hall–Kier alpha value is -2.70. The number of methoxy groups -OCH3 is 1. The molecule has 12 heteroatoms. The highest BCUT2D eigenvalue weighted by atomic mass is 32.1. The van der Waals surface area contributed by atoms with Gasteiger partial charge in [-0.15, -0.1) is 16.4 Å². The van der Waals surface area contributed by atoms with E-state index in [1.165, 1.54) is 11.3 Å². The van der Waals surface area contributed by atoms with Crippen LogP contribution in [-0.4, -0.2) is 55.8 Å². The van der Waals surface area contributed by atoms with Crippen molar-refractivity contribution in [3.05, 3.63) is 38.8 Å². The Labute approximate surface area is 193 Å². The summed E-state index contributed by atoms with van der Waals surface area (Å²) in [7, 11) is 1.59. The third-order valence-corrected chi connectivity index (χ3v) is 7.33. The summed E-state index contributed by atoms with van der Waals surface area (Å²) in [6.45, 7) is 4.91. The molecule has 3 aromatic rings. The summed E-state index contributed by atoms with van der Waals surface area (Å²) in [5, 5.41) is 14.6. The summed E-state index contributed by atoms with van der Waals surface area (Å²) >= 11 is 2.62. The zero-order chi connectivity index (χ0) is 22.7. The average Bonchev–Trinajstić information content (AvgIpc) is 3.46. The predicted octanol–water partition coefficient (Wildman–Crippen LogP) is 2.36. The van der Waals surface area contributed by atoms with E-state index in [0.29, 0.717) is 36.0 Å². The van der Waals surface area contributed by atoms with Crippen LogP contribution in [0.4, 0.5) is 5.00 Å². The van der Waals surface area contributed by atoms with Crippen molar-refractivity contribution in [2.24, 2.45) is 0 Å². The van der Waals surface area contributed by atoms with Gasteiger partial charge in [0.15, 0.2) is 5.69 Å². The summed E-state index contributed by atoms with van der Waals surface area (Å²) < 4.78 is 15.1. The van der Waals surface area contributed by atoms with E-state index < -0.39 is 0 Å². The Morgan fingerprint density at radius 3 is 2.72 bits per heavy atom. The van der Waals surface area contributed by atoms with Crippen LogP contribution in [0.25, 0.3) is 0 Å². The first-order valence-corrected chi connectivity index (χ1v) is 12.0. The lowest BCUT2D eigenvalue weighted by Gasteiger charge is -2.13. The Morgan fingerprint density at radius 1 is 1.16 bits per heavy atom. The number of nitrogens with zero attached hydrogens (tertiary/aromatic N) is 5. The van der Waals surface area contributed by atoms with Crippen LogP contribution in [-0.2, 0) is 24.1 Å². The van der Waals surface area contributed by atoms with Crippen LogP contribution in [0.2, 0.25) is 0 Å². The molecular formula is C20H25N7O3S2. The van der Waals surface area contributed by atoms with Crippen LogP contribution in [0.3, 0.4) is 0 Å². The number of amides is 2. The number of carbonyl (C=O) groups is 2. The maximum atomic E-state index is 13.1. The summed E-state index contributed by atoms with van der Waals surface area (Å²) in [5.74, 6) is -0.574. The van der Waals surface area contributed by atoms with Crippen LogP contribution in [0, 0.1) is 13.8 Å². The minimum atomic E-state index is -0.383. The van der Waals surface area contributed by atoms with Gasteiger partial charge in [0.1, 0.15) is 5.00 Å². The molecule has 0 unspecified atom stereocenters. The first-order chi connectivity index (χ1) is 15.5. The molecule has 2 N–H and O–H groups in total. The zero-order valence-electron chi connectivity index (χ0n) is 18.2. The van der Waals surface area contributed by atoms with E-state index in [9.17, 15) is 9.59 Å². The van der Waals surface area contributed by atoms with Crippen molar-refractivity contribution in [2.75, 3.05) is 25.6 Å². The molecule has 0 atom stereocenters. The van der Waals surface area contributed by atoms with Gasteiger partial charge in [0.25, 0.3) is 11.8 Å². The fourth-order valence-electron chi connectivity index (χ4n) is 3.67. The summed E-state index contributed by atoms with van der Waals surface area (Å²) in [5.41, 5.74) is 4.09. The van der Waals surface area contributed by atoms with Gasteiger partial charge in [-0.2, -0.15) is 8.75 Å². The normalized spacial score (nSPS) is 13.1. The number of anilines is 1. The van der Waals surface area contributed by atoms with E-state index in [2.05, 4.69) is 29.7 Å². The summed E-state index contributed by atoms with van der Waals surface area (Å²) in [6.07, 6.45) is 3.88. The lowest BCUT2D eigenvalue weighted by Crippen LogP contribution is -2.28. The zero-order valence-corrected chi connectivity index (χ0v) is 19.9. The number of nitrogens with one attached hydrogen (secondary N) is 2. The maximum absolute atomic E-state index is 13.1. The van der Waals surface area contributed by atoms with Gasteiger partial charge in [-0.1, -0.05) is 5.21 Å². The molecule has 0 aliphatic heterocycles. The lowest BCUT2D eigenvalue weighted by atomic mass is 9.95. The van der Waals surface area contributed by atoms with E-state index in [4.69, 9.17) is 4.74 Å². The quantitative estimate of drug-likeness (QED) is 0.479. The fourth-order valence-corrected chi connectivity index (χ4v) is 5.51. The van der Waals surface area contributed by atoms with Crippen molar-refractivity contribution >= 4 is 39.9 Å². The van der Waals surface area contributed by atoms with E-state index in [-0.39, 0.29) is 17.5 Å². The Bertz CT molecular complexity index is 1130. The van der Waals surface area contributed by atoms with Gasteiger partial charge in [0, 0.05) is 18.5 Å². The van der Waals surface area contributed by atoms with E-state index in [1.54, 1.807) is 18.7 Å². The number of thiophene rings is 1. The number of aromatic nitrogens is 5. The molecule has 0 fully saturated rings. The van der Waals surface area contributed by atoms with Gasteiger partial charge in [-0.25, -0.2) is 4.68 Å². The van der Waals surface area contributed by atoms with Crippen molar-refractivity contribution in [1.82, 2.24) is 29.1 Å². The third kappa shape index (κ3) is 4.57. The highest BCUT2D eigenvalue weighted by Gasteiger charge is 2.27. The molecule has 0 saturated carbocycles. The molecule has 0 aromatic carbocycles. The minimum Gasteiger partial charge on any atom is -0.383 e. The Morgan fingerprint density at radius 2 is 1.97 bits per heavy atom. The smallest absolute Gasteiger partial charge is 0.278 e. The van der Waals surface area contributed by atoms with E-state index in [0.717, 1.165) is 59.2 Å². The highest BCUT2D eigenvalue weighted by molar-refractivity contribution is 7.17. The molecule has 10 nitrogen and oxygen atoms in total. The first kappa shape index (κ1) is 22.5. The summed E-state index contributed by atoms with van der Waals surface area (Å²) in [4.78, 5) is 27.1. The van der Waals surface area contributed by atoms with Gasteiger partial charge >= 0.3 is 0 Å². The predicted molar refractivity (Wildman–Crippen MR) is 122 cm³/mol. The van der Waals surface area contributed by atoms with E-state index >= 15 is 0 Å². The van der Waals surface area contributed by atoms with Crippen LogP contribution in [0.15, 0.2) is 0 Å². The maximum Gasteiger partial charge on any atom is 0.278 e. The molecule has 0 bridgehead atoms. The molecular weight excluding hydrogens is 450 g/mol. The van der Waals surface area contributed by atoms with Crippen LogP contribution in [0.5, 0.6) is 0 Å². The van der Waals surface area contributed by atoms with Crippen molar-refractivity contribution in [3.8, 4) is 0 Å². The van der Waals surface area contributed by atoms with Crippen LogP contribution >= 0.6 is 23.1 Å². The molecule has 2 amide bonds. The fraction of sp³-hybridized carbons (Fsp3) is 0.500. The number of carbonyl (C=O) groups excluding carboxylic acids is 2. The van der Waals surface area contributed by atoms with Gasteiger partial charge < -0.3 is 15.4 Å². The van der Waals surface area contributed by atoms with Crippen LogP contribution < -0.4 is 10.6 Å². The molecule has 170 valence electrons. The molecule has 1 aliphatic carbocycles. The minimum absolute atomic E-state index is 0.191. The second-order valence-corrected chi connectivity index (χ2v) is 9.23. The number of hydrogen-bond donors (Lipinski definition) is 2. The molecule has 3 heterocycles. The average molecular weight is 476 g/mol. The highest BCUT2D eigenvalue weighted by Crippen LogP contribution is 2.38. The topological polar surface area (TPSA) is 124 Å². The van der Waals surface area contributed by atoms with Gasteiger partial charge in [0.05, 0.1) is 47.5 Å². The van der Waals surface area contributed by atoms with Gasteiger partial charge in [-0.05, 0) is 45.1 Å². The molecule has 0 saturated heterocycles. The second kappa shape index (κ2) is 9.84. The molecule has 0 spiro atoms. The number of aryl methyl sites for hydroxylation is 2. The van der Waals surface area contributed by atoms with E-state index in [1.807, 2.05) is 6.92 Å². The molecule has 32 heavy (non-hydrogen) atoms. The van der Waals surface area contributed by atoms with Crippen LogP contribution in [0.1, 0.15) is 61.2 Å². The van der Waals surface area contributed by atoms with Crippen molar-refractivity contribution < 1.29 is 14.3 Å². The monoisotopic (exact) mass is 475 g/mol. The Kier molecular flexibility index (Phi) is 6.92. The van der Waals surface area contributed by atoms with Crippen molar-refractivity contribution in [2.45, 2.75) is 46.1 Å². The first-order valence-electron chi connectivity index (χ1n) is 10.4. The molecule has 4 rings (SSSR count).